The molecular weight excluding hydrogens is 238 g/mol. The molecule has 1 aromatic carbocycles. The molecule has 3 heteroatoms. The van der Waals surface area contributed by atoms with E-state index < -0.39 is 6.10 Å². The van der Waals surface area contributed by atoms with Crippen LogP contribution in [0, 0.1) is 5.92 Å². The Kier molecular flexibility index (Phi) is 5.23. The van der Waals surface area contributed by atoms with E-state index in [0.29, 0.717) is 19.2 Å². The number of nitrogens with zero attached hydrogens (tertiary/aromatic N) is 1. The standard InChI is InChI=1S/C16H25NO2/c1-13-8-9-17(14(2)10-13)11-15(18)12-19-16-6-4-3-5-7-16/h3-7,13-15,18H,8-12H2,1-2H3. The highest BCUT2D eigenvalue weighted by atomic mass is 16.5. The fourth-order valence-corrected chi connectivity index (χ4v) is 2.76. The van der Waals surface area contributed by atoms with Crippen molar-refractivity contribution in [1.82, 2.24) is 4.90 Å². The van der Waals surface area contributed by atoms with E-state index in [2.05, 4.69) is 18.7 Å². The number of para-hydroxylation sites is 1. The third kappa shape index (κ3) is 4.51. The Hall–Kier alpha value is -1.06. The molecule has 1 heterocycles. The normalized spacial score (nSPS) is 26.1. The van der Waals surface area contributed by atoms with Crippen molar-refractivity contribution in [3.8, 4) is 5.75 Å². The predicted octanol–water partition coefficient (Wildman–Crippen LogP) is 2.55. The van der Waals surface area contributed by atoms with Crippen LogP contribution in [0.1, 0.15) is 26.7 Å². The molecule has 0 aliphatic carbocycles. The molecule has 0 aromatic heterocycles. The summed E-state index contributed by atoms with van der Waals surface area (Å²) in [4.78, 5) is 2.37. The third-order valence-electron chi connectivity index (χ3n) is 3.91. The molecule has 3 atom stereocenters. The molecule has 0 saturated carbocycles. The van der Waals surface area contributed by atoms with Gasteiger partial charge in [-0.05, 0) is 44.4 Å². The summed E-state index contributed by atoms with van der Waals surface area (Å²) in [6.07, 6.45) is 2.04. The van der Waals surface area contributed by atoms with Crippen LogP contribution in [0.15, 0.2) is 30.3 Å². The van der Waals surface area contributed by atoms with Gasteiger partial charge in [0.1, 0.15) is 18.5 Å². The SMILES string of the molecule is CC1CCN(CC(O)COc2ccccc2)C(C)C1. The van der Waals surface area contributed by atoms with Crippen LogP contribution in [0.3, 0.4) is 0 Å². The Balaban J connectivity index is 1.73. The predicted molar refractivity (Wildman–Crippen MR) is 77.4 cm³/mol. The number of β-amino-alcohol motifs (C(OH)–C–C–N with tert-alkyl or cyclic N) is 1. The van der Waals surface area contributed by atoms with Crippen molar-refractivity contribution in [2.24, 2.45) is 5.92 Å². The number of piperidine rings is 1. The molecule has 2 rings (SSSR count). The molecule has 0 radical (unpaired) electrons. The minimum atomic E-state index is -0.420. The van der Waals surface area contributed by atoms with E-state index in [0.717, 1.165) is 18.2 Å². The lowest BCUT2D eigenvalue weighted by molar-refractivity contribution is 0.0354. The van der Waals surface area contributed by atoms with Gasteiger partial charge in [0, 0.05) is 12.6 Å². The molecule has 106 valence electrons. The van der Waals surface area contributed by atoms with Crippen molar-refractivity contribution in [1.29, 1.82) is 0 Å². The highest BCUT2D eigenvalue weighted by Gasteiger charge is 2.24. The van der Waals surface area contributed by atoms with Crippen molar-refractivity contribution < 1.29 is 9.84 Å². The number of likely N-dealkylation sites (tertiary alicyclic amines) is 1. The van der Waals surface area contributed by atoms with Gasteiger partial charge in [-0.15, -0.1) is 0 Å². The molecule has 19 heavy (non-hydrogen) atoms. The molecule has 1 aliphatic heterocycles. The van der Waals surface area contributed by atoms with E-state index >= 15 is 0 Å². The summed E-state index contributed by atoms with van der Waals surface area (Å²) in [5.74, 6) is 1.63. The number of hydrogen-bond acceptors (Lipinski definition) is 3. The topological polar surface area (TPSA) is 32.7 Å². The lowest BCUT2D eigenvalue weighted by Gasteiger charge is -2.37. The minimum absolute atomic E-state index is 0.364. The van der Waals surface area contributed by atoms with Gasteiger partial charge in [0.25, 0.3) is 0 Å². The second-order valence-corrected chi connectivity index (χ2v) is 5.75. The fourth-order valence-electron chi connectivity index (χ4n) is 2.76. The molecular formula is C16H25NO2. The van der Waals surface area contributed by atoms with Crippen molar-refractivity contribution in [2.75, 3.05) is 19.7 Å². The van der Waals surface area contributed by atoms with Gasteiger partial charge in [0.05, 0.1) is 0 Å². The molecule has 0 amide bonds. The summed E-state index contributed by atoms with van der Waals surface area (Å²) in [6.45, 7) is 6.72. The zero-order valence-corrected chi connectivity index (χ0v) is 12.0. The van der Waals surface area contributed by atoms with E-state index in [4.69, 9.17) is 4.74 Å². The molecule has 1 aromatic rings. The summed E-state index contributed by atoms with van der Waals surface area (Å²) in [7, 11) is 0. The van der Waals surface area contributed by atoms with E-state index in [9.17, 15) is 5.11 Å². The average molecular weight is 263 g/mol. The maximum Gasteiger partial charge on any atom is 0.119 e. The number of aliphatic hydroxyl groups excluding tert-OH is 1. The lowest BCUT2D eigenvalue weighted by Crippen LogP contribution is -2.45. The quantitative estimate of drug-likeness (QED) is 0.886. The minimum Gasteiger partial charge on any atom is -0.491 e. The maximum absolute atomic E-state index is 10.1. The molecule has 1 fully saturated rings. The molecule has 1 N–H and O–H groups in total. The van der Waals surface area contributed by atoms with Gasteiger partial charge in [0.15, 0.2) is 0 Å². The van der Waals surface area contributed by atoms with Gasteiger partial charge in [0.2, 0.25) is 0 Å². The van der Waals surface area contributed by atoms with Gasteiger partial charge in [-0.3, -0.25) is 4.90 Å². The smallest absolute Gasteiger partial charge is 0.119 e. The largest absolute Gasteiger partial charge is 0.491 e. The van der Waals surface area contributed by atoms with Crippen LogP contribution in [0.2, 0.25) is 0 Å². The van der Waals surface area contributed by atoms with Gasteiger partial charge < -0.3 is 9.84 Å². The third-order valence-corrected chi connectivity index (χ3v) is 3.91. The summed E-state index contributed by atoms with van der Waals surface area (Å²) < 4.78 is 5.59. The first-order chi connectivity index (χ1) is 9.15. The van der Waals surface area contributed by atoms with Crippen LogP contribution in [-0.4, -0.2) is 41.8 Å². The number of ether oxygens (including phenoxy) is 1. The zero-order valence-electron chi connectivity index (χ0n) is 12.0. The first-order valence-electron chi connectivity index (χ1n) is 7.25. The van der Waals surface area contributed by atoms with Crippen LogP contribution in [0.4, 0.5) is 0 Å². The molecule has 0 spiro atoms. The molecule has 3 unspecified atom stereocenters. The highest BCUT2D eigenvalue weighted by molar-refractivity contribution is 5.20. The first-order valence-corrected chi connectivity index (χ1v) is 7.25. The van der Waals surface area contributed by atoms with Crippen LogP contribution in [0.5, 0.6) is 5.75 Å². The number of hydrogen-bond donors (Lipinski definition) is 1. The Bertz CT molecular complexity index is 368. The highest BCUT2D eigenvalue weighted by Crippen LogP contribution is 2.22. The van der Waals surface area contributed by atoms with Crippen molar-refractivity contribution >= 4 is 0 Å². The van der Waals surface area contributed by atoms with Crippen molar-refractivity contribution in [3.05, 3.63) is 30.3 Å². The van der Waals surface area contributed by atoms with Crippen molar-refractivity contribution in [3.63, 3.8) is 0 Å². The van der Waals surface area contributed by atoms with Gasteiger partial charge in [-0.1, -0.05) is 25.1 Å². The van der Waals surface area contributed by atoms with Crippen LogP contribution in [0.25, 0.3) is 0 Å². The number of benzene rings is 1. The Morgan fingerprint density at radius 1 is 1.32 bits per heavy atom. The van der Waals surface area contributed by atoms with Crippen LogP contribution >= 0.6 is 0 Å². The van der Waals surface area contributed by atoms with Crippen LogP contribution in [-0.2, 0) is 0 Å². The first kappa shape index (κ1) is 14.4. The Morgan fingerprint density at radius 3 is 2.74 bits per heavy atom. The van der Waals surface area contributed by atoms with E-state index in [1.54, 1.807) is 0 Å². The summed E-state index contributed by atoms with van der Waals surface area (Å²) in [5, 5.41) is 10.1. The number of aliphatic hydroxyl groups is 1. The molecule has 0 bridgehead atoms. The molecule has 1 aliphatic rings. The fraction of sp³-hybridized carbons (Fsp3) is 0.625. The average Bonchev–Trinajstić information content (AvgIpc) is 2.41. The van der Waals surface area contributed by atoms with Gasteiger partial charge in [-0.2, -0.15) is 0 Å². The molecule has 3 nitrogen and oxygen atoms in total. The second kappa shape index (κ2) is 6.92. The monoisotopic (exact) mass is 263 g/mol. The summed E-state index contributed by atoms with van der Waals surface area (Å²) in [5.41, 5.74) is 0. The zero-order chi connectivity index (χ0) is 13.7. The van der Waals surface area contributed by atoms with E-state index in [1.165, 1.54) is 12.8 Å². The lowest BCUT2D eigenvalue weighted by atomic mass is 9.93. The van der Waals surface area contributed by atoms with Gasteiger partial charge in [-0.25, -0.2) is 0 Å². The van der Waals surface area contributed by atoms with Crippen LogP contribution < -0.4 is 4.74 Å². The Morgan fingerprint density at radius 2 is 2.05 bits per heavy atom. The van der Waals surface area contributed by atoms with E-state index in [-0.39, 0.29) is 0 Å². The maximum atomic E-state index is 10.1. The summed E-state index contributed by atoms with van der Waals surface area (Å²) >= 11 is 0. The van der Waals surface area contributed by atoms with E-state index in [1.807, 2.05) is 30.3 Å². The van der Waals surface area contributed by atoms with Crippen molar-refractivity contribution in [2.45, 2.75) is 38.8 Å². The Labute approximate surface area is 116 Å². The van der Waals surface area contributed by atoms with Gasteiger partial charge >= 0.3 is 0 Å². The number of rotatable bonds is 5. The summed E-state index contributed by atoms with van der Waals surface area (Å²) in [6, 6.07) is 10.2. The molecule has 1 saturated heterocycles. The second-order valence-electron chi connectivity index (χ2n) is 5.75.